The van der Waals surface area contributed by atoms with Crippen molar-refractivity contribution in [1.29, 1.82) is 0 Å². The largest absolute Gasteiger partial charge is 0.487 e. The molecule has 0 saturated heterocycles. The molecule has 2 aromatic rings. The zero-order chi connectivity index (χ0) is 17.6. The van der Waals surface area contributed by atoms with Crippen molar-refractivity contribution < 1.29 is 9.53 Å². The molecule has 2 amide bonds. The second-order valence-corrected chi connectivity index (χ2v) is 7.33. The molecule has 0 fully saturated rings. The van der Waals surface area contributed by atoms with Crippen LogP contribution in [0.25, 0.3) is 0 Å². The minimum atomic E-state index is -0.314. The van der Waals surface area contributed by atoms with E-state index >= 15 is 0 Å². The molecule has 0 spiro atoms. The van der Waals surface area contributed by atoms with Gasteiger partial charge in [-0.2, -0.15) is 5.10 Å². The first-order chi connectivity index (χ1) is 11.9. The summed E-state index contributed by atoms with van der Waals surface area (Å²) in [5, 5.41) is 7.53. The van der Waals surface area contributed by atoms with Gasteiger partial charge in [-0.1, -0.05) is 18.2 Å². The third-order valence-corrected chi connectivity index (χ3v) is 4.73. The highest BCUT2D eigenvalue weighted by molar-refractivity contribution is 5.75. The number of hydrogen-bond acceptors (Lipinski definition) is 4. The molecule has 2 aliphatic heterocycles. The number of carbonyl (C=O) groups excluding carboxylic acids is 1. The van der Waals surface area contributed by atoms with Crippen LogP contribution in [-0.2, 0) is 13.1 Å². The summed E-state index contributed by atoms with van der Waals surface area (Å²) >= 11 is 0. The summed E-state index contributed by atoms with van der Waals surface area (Å²) < 4.78 is 7.92. The Kier molecular flexibility index (Phi) is 3.67. The highest BCUT2D eigenvalue weighted by Gasteiger charge is 2.35. The van der Waals surface area contributed by atoms with Crippen molar-refractivity contribution in [2.24, 2.45) is 0 Å². The fourth-order valence-electron chi connectivity index (χ4n) is 3.61. The number of rotatable bonds is 1. The zero-order valence-corrected chi connectivity index (χ0v) is 14.8. The van der Waals surface area contributed by atoms with E-state index in [0.717, 1.165) is 29.4 Å². The van der Waals surface area contributed by atoms with Gasteiger partial charge in [0.2, 0.25) is 0 Å². The third kappa shape index (κ3) is 3.06. The van der Waals surface area contributed by atoms with Gasteiger partial charge in [-0.05, 0) is 26.8 Å². The lowest BCUT2D eigenvalue weighted by Gasteiger charge is -2.38. The predicted molar refractivity (Wildman–Crippen MR) is 92.2 cm³/mol. The van der Waals surface area contributed by atoms with E-state index in [4.69, 9.17) is 4.74 Å². The molecule has 4 rings (SSSR count). The monoisotopic (exact) mass is 341 g/mol. The summed E-state index contributed by atoms with van der Waals surface area (Å²) in [4.78, 5) is 19.0. The molecule has 1 aromatic carbocycles. The van der Waals surface area contributed by atoms with Crippen molar-refractivity contribution >= 4 is 6.03 Å². The van der Waals surface area contributed by atoms with Crippen molar-refractivity contribution in [2.45, 2.75) is 51.9 Å². The number of ether oxygens (including phenoxy) is 1. The molecule has 2 aliphatic rings. The summed E-state index contributed by atoms with van der Waals surface area (Å²) in [6.07, 6.45) is 0.735. The van der Waals surface area contributed by atoms with Gasteiger partial charge in [-0.15, -0.1) is 0 Å². The van der Waals surface area contributed by atoms with Crippen LogP contribution in [0, 0.1) is 6.92 Å². The molecule has 1 atom stereocenters. The van der Waals surface area contributed by atoms with Crippen LogP contribution in [0.2, 0.25) is 0 Å². The Morgan fingerprint density at radius 2 is 2.12 bits per heavy atom. The Morgan fingerprint density at radius 3 is 2.96 bits per heavy atom. The molecule has 132 valence electrons. The minimum Gasteiger partial charge on any atom is -0.487 e. The normalized spacial score (nSPS) is 21.1. The first-order valence-corrected chi connectivity index (χ1v) is 8.65. The average molecular weight is 341 g/mol. The number of carbonyl (C=O) groups is 1. The van der Waals surface area contributed by atoms with E-state index < -0.39 is 0 Å². The fourth-order valence-corrected chi connectivity index (χ4v) is 3.61. The van der Waals surface area contributed by atoms with Crippen LogP contribution < -0.4 is 10.1 Å². The summed E-state index contributed by atoms with van der Waals surface area (Å²) in [5.41, 5.74) is 0.720. The number of para-hydroxylation sites is 1. The first kappa shape index (κ1) is 15.9. The third-order valence-electron chi connectivity index (χ3n) is 4.73. The van der Waals surface area contributed by atoms with Gasteiger partial charge < -0.3 is 15.0 Å². The molecule has 0 bridgehead atoms. The van der Waals surface area contributed by atoms with E-state index in [0.29, 0.717) is 19.6 Å². The van der Waals surface area contributed by atoms with Gasteiger partial charge in [0.25, 0.3) is 0 Å². The van der Waals surface area contributed by atoms with Crippen molar-refractivity contribution in [1.82, 2.24) is 25.0 Å². The van der Waals surface area contributed by atoms with Crippen LogP contribution in [0.5, 0.6) is 5.75 Å². The number of hydrogen-bond donors (Lipinski definition) is 1. The zero-order valence-electron chi connectivity index (χ0n) is 14.8. The molecular weight excluding hydrogens is 318 g/mol. The summed E-state index contributed by atoms with van der Waals surface area (Å²) in [6.45, 7) is 7.77. The smallest absolute Gasteiger partial charge is 0.318 e. The number of benzene rings is 1. The molecule has 0 saturated carbocycles. The molecule has 0 radical (unpaired) electrons. The maximum atomic E-state index is 12.8. The van der Waals surface area contributed by atoms with Gasteiger partial charge in [0.05, 0.1) is 19.1 Å². The quantitative estimate of drug-likeness (QED) is 0.864. The Balaban J connectivity index is 1.51. The molecule has 1 aromatic heterocycles. The van der Waals surface area contributed by atoms with Gasteiger partial charge in [-0.3, -0.25) is 0 Å². The molecule has 0 aliphatic carbocycles. The minimum absolute atomic E-state index is 0.0611. The van der Waals surface area contributed by atoms with Crippen molar-refractivity contribution in [3.05, 3.63) is 41.5 Å². The molecule has 0 unspecified atom stereocenters. The first-order valence-electron chi connectivity index (χ1n) is 8.65. The lowest BCUT2D eigenvalue weighted by molar-refractivity contribution is 0.0660. The lowest BCUT2D eigenvalue weighted by Crippen LogP contribution is -2.48. The number of nitrogens with one attached hydrogen (secondary N) is 1. The van der Waals surface area contributed by atoms with Crippen LogP contribution in [-0.4, -0.2) is 37.8 Å². The summed E-state index contributed by atoms with van der Waals surface area (Å²) in [7, 11) is 0. The van der Waals surface area contributed by atoms with Crippen LogP contribution in [0.1, 0.15) is 43.5 Å². The number of amides is 2. The Bertz CT molecular complexity index is 814. The maximum Gasteiger partial charge on any atom is 0.318 e. The predicted octanol–water partition coefficient (Wildman–Crippen LogP) is 2.41. The summed E-state index contributed by atoms with van der Waals surface area (Å²) in [5.74, 6) is 2.43. The number of fused-ring (bicyclic) bond motifs is 2. The maximum absolute atomic E-state index is 12.8. The molecule has 7 nitrogen and oxygen atoms in total. The Morgan fingerprint density at radius 1 is 1.32 bits per heavy atom. The van der Waals surface area contributed by atoms with Gasteiger partial charge in [0.1, 0.15) is 23.0 Å². The van der Waals surface area contributed by atoms with E-state index in [2.05, 4.69) is 15.4 Å². The van der Waals surface area contributed by atoms with E-state index in [-0.39, 0.29) is 17.7 Å². The van der Waals surface area contributed by atoms with E-state index in [1.807, 2.05) is 49.7 Å². The number of urea groups is 1. The Labute approximate surface area is 147 Å². The van der Waals surface area contributed by atoms with Crippen LogP contribution >= 0.6 is 0 Å². The van der Waals surface area contributed by atoms with Gasteiger partial charge in [-0.25, -0.2) is 14.5 Å². The lowest BCUT2D eigenvalue weighted by atomic mass is 9.90. The molecule has 25 heavy (non-hydrogen) atoms. The van der Waals surface area contributed by atoms with E-state index in [1.165, 1.54) is 0 Å². The highest BCUT2D eigenvalue weighted by atomic mass is 16.5. The molecule has 3 heterocycles. The van der Waals surface area contributed by atoms with Gasteiger partial charge in [0, 0.05) is 18.5 Å². The highest BCUT2D eigenvalue weighted by Crippen LogP contribution is 2.39. The van der Waals surface area contributed by atoms with Crippen molar-refractivity contribution in [3.63, 3.8) is 0 Å². The standard InChI is InChI=1S/C18H23N5O2/c1-12-19-16-11-22(8-9-23(16)21-12)17(24)20-14-10-18(2,3)25-15-7-5-4-6-13(14)15/h4-7,14H,8-11H2,1-3H3,(H,20,24)/t14-/m1/s1. The second-order valence-electron chi connectivity index (χ2n) is 7.33. The molecule has 1 N–H and O–H groups in total. The topological polar surface area (TPSA) is 72.3 Å². The number of nitrogens with zero attached hydrogens (tertiary/aromatic N) is 4. The van der Waals surface area contributed by atoms with Crippen molar-refractivity contribution in [2.75, 3.05) is 6.54 Å². The van der Waals surface area contributed by atoms with E-state index in [1.54, 1.807) is 4.90 Å². The van der Waals surface area contributed by atoms with Crippen LogP contribution in [0.15, 0.2) is 24.3 Å². The van der Waals surface area contributed by atoms with Crippen molar-refractivity contribution in [3.8, 4) is 5.75 Å². The number of aryl methyl sites for hydroxylation is 1. The van der Waals surface area contributed by atoms with E-state index in [9.17, 15) is 4.79 Å². The molecule has 7 heteroatoms. The fraction of sp³-hybridized carbons (Fsp3) is 0.500. The van der Waals surface area contributed by atoms with Crippen LogP contribution in [0.3, 0.4) is 0 Å². The average Bonchev–Trinajstić information content (AvgIpc) is 2.92. The van der Waals surface area contributed by atoms with Gasteiger partial charge >= 0.3 is 6.03 Å². The second kappa shape index (κ2) is 5.75. The van der Waals surface area contributed by atoms with Gasteiger partial charge in [0.15, 0.2) is 0 Å². The molecular formula is C18H23N5O2. The SMILES string of the molecule is Cc1nc2n(n1)CCN(C(=O)N[C@@H]1CC(C)(C)Oc3ccccc31)C2. The number of aromatic nitrogens is 3. The summed E-state index contributed by atoms with van der Waals surface area (Å²) in [6, 6.07) is 7.79. The van der Waals surface area contributed by atoms with Crippen LogP contribution in [0.4, 0.5) is 4.79 Å². The Hall–Kier alpha value is -2.57.